The van der Waals surface area contributed by atoms with Gasteiger partial charge in [-0.1, -0.05) is 25.1 Å². The number of rotatable bonds is 6. The SMILES string of the molecule is Cc1cc(C)n(C[C@H](C)Cn2c(C)c(C)c3cc(CN4C(=O)c5ccccc5C4=O)ccc32)n1. The van der Waals surface area contributed by atoms with Gasteiger partial charge in [0.05, 0.1) is 23.4 Å². The smallest absolute Gasteiger partial charge is 0.261 e. The summed E-state index contributed by atoms with van der Waals surface area (Å²) < 4.78 is 4.47. The minimum atomic E-state index is -0.218. The lowest BCUT2D eigenvalue weighted by Crippen LogP contribution is -2.29. The number of imide groups is 1. The quantitative estimate of drug-likeness (QED) is 0.376. The van der Waals surface area contributed by atoms with Gasteiger partial charge in [-0.25, -0.2) is 0 Å². The van der Waals surface area contributed by atoms with Crippen LogP contribution in [-0.2, 0) is 19.6 Å². The summed E-state index contributed by atoms with van der Waals surface area (Å²) in [7, 11) is 0. The molecule has 0 saturated carbocycles. The van der Waals surface area contributed by atoms with Crippen molar-refractivity contribution >= 4 is 22.7 Å². The highest BCUT2D eigenvalue weighted by Gasteiger charge is 2.35. The van der Waals surface area contributed by atoms with E-state index in [1.54, 1.807) is 24.3 Å². The Morgan fingerprint density at radius 3 is 2.18 bits per heavy atom. The topological polar surface area (TPSA) is 60.1 Å². The number of aromatic nitrogens is 3. The van der Waals surface area contributed by atoms with Crippen molar-refractivity contribution in [3.05, 3.63) is 87.9 Å². The molecule has 0 spiro atoms. The molecule has 0 aliphatic carbocycles. The van der Waals surface area contributed by atoms with Crippen LogP contribution in [0.3, 0.4) is 0 Å². The molecule has 34 heavy (non-hydrogen) atoms. The van der Waals surface area contributed by atoms with Crippen molar-refractivity contribution in [3.8, 4) is 0 Å². The Hall–Kier alpha value is -3.67. The molecule has 0 bridgehead atoms. The molecule has 0 N–H and O–H groups in total. The fraction of sp³-hybridized carbons (Fsp3) is 0.321. The van der Waals surface area contributed by atoms with Crippen molar-refractivity contribution in [2.24, 2.45) is 5.92 Å². The van der Waals surface area contributed by atoms with Crippen LogP contribution in [-0.4, -0.2) is 31.1 Å². The van der Waals surface area contributed by atoms with Gasteiger partial charge in [0.15, 0.2) is 0 Å². The van der Waals surface area contributed by atoms with Gasteiger partial charge in [-0.15, -0.1) is 0 Å². The maximum atomic E-state index is 12.8. The van der Waals surface area contributed by atoms with Gasteiger partial charge in [0, 0.05) is 35.4 Å². The van der Waals surface area contributed by atoms with Crippen LogP contribution >= 0.6 is 0 Å². The van der Waals surface area contributed by atoms with E-state index in [9.17, 15) is 9.59 Å². The minimum Gasteiger partial charge on any atom is -0.344 e. The number of amides is 2. The van der Waals surface area contributed by atoms with Crippen LogP contribution in [0.2, 0.25) is 0 Å². The van der Waals surface area contributed by atoms with Gasteiger partial charge in [0.2, 0.25) is 0 Å². The fourth-order valence-electron chi connectivity index (χ4n) is 5.12. The monoisotopic (exact) mass is 454 g/mol. The molecule has 6 nitrogen and oxygen atoms in total. The van der Waals surface area contributed by atoms with Gasteiger partial charge in [0.1, 0.15) is 0 Å². The molecule has 6 heteroatoms. The third kappa shape index (κ3) is 3.63. The first-order chi connectivity index (χ1) is 16.2. The molecule has 2 aromatic carbocycles. The first-order valence-corrected chi connectivity index (χ1v) is 11.8. The van der Waals surface area contributed by atoms with Crippen molar-refractivity contribution in [1.29, 1.82) is 0 Å². The Balaban J connectivity index is 1.40. The van der Waals surface area contributed by atoms with E-state index in [2.05, 4.69) is 60.2 Å². The summed E-state index contributed by atoms with van der Waals surface area (Å²) in [5, 5.41) is 5.79. The lowest BCUT2D eigenvalue weighted by atomic mass is 10.1. The van der Waals surface area contributed by atoms with E-state index in [1.807, 2.05) is 13.0 Å². The zero-order valence-corrected chi connectivity index (χ0v) is 20.4. The second-order valence-corrected chi connectivity index (χ2v) is 9.63. The highest BCUT2D eigenvalue weighted by Crippen LogP contribution is 2.30. The number of hydrogen-bond donors (Lipinski definition) is 0. The molecule has 2 aromatic heterocycles. The normalized spacial score (nSPS) is 14.3. The Kier molecular flexibility index (Phi) is 5.39. The molecule has 0 fully saturated rings. The van der Waals surface area contributed by atoms with Gasteiger partial charge < -0.3 is 4.57 Å². The van der Waals surface area contributed by atoms with Crippen LogP contribution in [0, 0.1) is 33.6 Å². The summed E-state index contributed by atoms with van der Waals surface area (Å²) >= 11 is 0. The van der Waals surface area contributed by atoms with E-state index in [0.29, 0.717) is 17.0 Å². The maximum Gasteiger partial charge on any atom is 0.261 e. The lowest BCUT2D eigenvalue weighted by Gasteiger charge is -2.17. The summed E-state index contributed by atoms with van der Waals surface area (Å²) in [4.78, 5) is 26.9. The minimum absolute atomic E-state index is 0.218. The maximum absolute atomic E-state index is 12.8. The van der Waals surface area contributed by atoms with Crippen LogP contribution in [0.4, 0.5) is 0 Å². The number of benzene rings is 2. The predicted octanol–water partition coefficient (Wildman–Crippen LogP) is 5.20. The molecular formula is C28H30N4O2. The molecule has 5 rings (SSSR count). The van der Waals surface area contributed by atoms with Crippen molar-refractivity contribution in [2.45, 2.75) is 54.3 Å². The fourth-order valence-corrected chi connectivity index (χ4v) is 5.12. The Morgan fingerprint density at radius 1 is 0.882 bits per heavy atom. The zero-order valence-electron chi connectivity index (χ0n) is 20.4. The first-order valence-electron chi connectivity index (χ1n) is 11.8. The summed E-state index contributed by atoms with van der Waals surface area (Å²) in [6, 6.07) is 15.4. The number of hydrogen-bond acceptors (Lipinski definition) is 3. The number of nitrogens with zero attached hydrogens (tertiary/aromatic N) is 4. The van der Waals surface area contributed by atoms with Crippen molar-refractivity contribution in [3.63, 3.8) is 0 Å². The van der Waals surface area contributed by atoms with Crippen molar-refractivity contribution < 1.29 is 9.59 Å². The van der Waals surface area contributed by atoms with E-state index < -0.39 is 0 Å². The molecule has 1 atom stereocenters. The van der Waals surface area contributed by atoms with E-state index in [0.717, 1.165) is 24.3 Å². The summed E-state index contributed by atoms with van der Waals surface area (Å²) in [6.07, 6.45) is 0. The molecule has 1 aliphatic heterocycles. The first kappa shape index (κ1) is 22.1. The van der Waals surface area contributed by atoms with Crippen molar-refractivity contribution in [1.82, 2.24) is 19.2 Å². The molecule has 2 amide bonds. The van der Waals surface area contributed by atoms with Crippen LogP contribution in [0.25, 0.3) is 10.9 Å². The molecule has 0 radical (unpaired) electrons. The molecule has 0 unspecified atom stereocenters. The second kappa shape index (κ2) is 8.28. The molecular weight excluding hydrogens is 424 g/mol. The van der Waals surface area contributed by atoms with Crippen LogP contribution in [0.5, 0.6) is 0 Å². The van der Waals surface area contributed by atoms with Gasteiger partial charge in [0.25, 0.3) is 11.8 Å². The van der Waals surface area contributed by atoms with Gasteiger partial charge in [-0.05, 0) is 75.1 Å². The van der Waals surface area contributed by atoms with E-state index in [-0.39, 0.29) is 18.4 Å². The van der Waals surface area contributed by atoms with Crippen LogP contribution < -0.4 is 0 Å². The molecule has 1 aliphatic rings. The Labute approximate surface area is 199 Å². The van der Waals surface area contributed by atoms with Crippen LogP contribution in [0.1, 0.15) is 55.8 Å². The summed E-state index contributed by atoms with van der Waals surface area (Å²) in [5.74, 6) is -0.0296. The predicted molar refractivity (Wildman–Crippen MR) is 133 cm³/mol. The summed E-state index contributed by atoms with van der Waals surface area (Å²) in [5.41, 5.74) is 7.83. The summed E-state index contributed by atoms with van der Waals surface area (Å²) in [6.45, 7) is 12.7. The van der Waals surface area contributed by atoms with Crippen LogP contribution in [0.15, 0.2) is 48.5 Å². The molecule has 3 heterocycles. The largest absolute Gasteiger partial charge is 0.344 e. The molecule has 4 aromatic rings. The number of carbonyl (C=O) groups excluding carboxylic acids is 2. The Morgan fingerprint density at radius 2 is 1.56 bits per heavy atom. The molecule has 174 valence electrons. The highest BCUT2D eigenvalue weighted by molar-refractivity contribution is 6.21. The lowest BCUT2D eigenvalue weighted by molar-refractivity contribution is 0.0642. The number of aryl methyl sites for hydroxylation is 3. The van der Waals surface area contributed by atoms with E-state index in [1.165, 1.54) is 32.8 Å². The third-order valence-corrected chi connectivity index (χ3v) is 7.00. The zero-order chi connectivity index (χ0) is 24.1. The van der Waals surface area contributed by atoms with E-state index >= 15 is 0 Å². The Bertz CT molecular complexity index is 1410. The average molecular weight is 455 g/mol. The van der Waals surface area contributed by atoms with Crippen molar-refractivity contribution in [2.75, 3.05) is 0 Å². The second-order valence-electron chi connectivity index (χ2n) is 9.63. The number of carbonyl (C=O) groups is 2. The third-order valence-electron chi connectivity index (χ3n) is 7.00. The van der Waals surface area contributed by atoms with Gasteiger partial charge >= 0.3 is 0 Å². The highest BCUT2D eigenvalue weighted by atomic mass is 16.2. The van der Waals surface area contributed by atoms with Gasteiger partial charge in [-0.2, -0.15) is 5.10 Å². The average Bonchev–Trinajstić information content (AvgIpc) is 3.35. The number of fused-ring (bicyclic) bond motifs is 2. The van der Waals surface area contributed by atoms with E-state index in [4.69, 9.17) is 0 Å². The molecule has 0 saturated heterocycles. The van der Waals surface area contributed by atoms with Gasteiger partial charge in [-0.3, -0.25) is 19.2 Å². The standard InChI is InChI=1S/C28H30N4O2/c1-17(15-32-19(3)12-18(2)29-32)14-30-21(5)20(4)25-13-22(10-11-26(25)30)16-31-27(33)23-8-6-7-9-24(23)28(31)34/h6-13,17H,14-16H2,1-5H3/t17-/m1/s1.